The van der Waals surface area contributed by atoms with Crippen molar-refractivity contribution in [1.29, 1.82) is 0 Å². The summed E-state index contributed by atoms with van der Waals surface area (Å²) in [6.45, 7) is 0.537. The fourth-order valence-corrected chi connectivity index (χ4v) is 4.27. The summed E-state index contributed by atoms with van der Waals surface area (Å²) in [5.41, 5.74) is 0.0156. The van der Waals surface area contributed by atoms with E-state index in [-0.39, 0.29) is 10.7 Å². The number of rotatable bonds is 5. The van der Waals surface area contributed by atoms with Crippen LogP contribution in [0, 0.1) is 5.41 Å². The second kappa shape index (κ2) is 4.83. The summed E-state index contributed by atoms with van der Waals surface area (Å²) in [6.07, 6.45) is 7.38. The van der Waals surface area contributed by atoms with E-state index in [1.807, 2.05) is 0 Å². The van der Waals surface area contributed by atoms with Gasteiger partial charge in [-0.25, -0.2) is 13.1 Å². The molecule has 5 heteroatoms. The summed E-state index contributed by atoms with van der Waals surface area (Å²) in [6, 6.07) is 0. The third kappa shape index (κ3) is 2.90. The molecule has 1 N–H and O–H groups in total. The van der Waals surface area contributed by atoms with E-state index in [1.165, 1.54) is 19.3 Å². The summed E-state index contributed by atoms with van der Waals surface area (Å²) in [5, 5.41) is -0.122. The summed E-state index contributed by atoms with van der Waals surface area (Å²) in [4.78, 5) is 0. The van der Waals surface area contributed by atoms with Gasteiger partial charge in [0.2, 0.25) is 10.0 Å². The van der Waals surface area contributed by atoms with Crippen LogP contribution in [0.25, 0.3) is 0 Å². The lowest BCUT2D eigenvalue weighted by molar-refractivity contribution is 0.223. The van der Waals surface area contributed by atoms with Crippen molar-refractivity contribution >= 4 is 21.6 Å². The minimum absolute atomic E-state index is 0.0156. The minimum atomic E-state index is -3.04. The normalized spacial score (nSPS) is 25.6. The van der Waals surface area contributed by atoms with Gasteiger partial charge in [-0.2, -0.15) is 0 Å². The van der Waals surface area contributed by atoms with Crippen molar-refractivity contribution in [2.75, 3.05) is 12.4 Å². The van der Waals surface area contributed by atoms with Crippen LogP contribution in [0.1, 0.15) is 44.9 Å². The molecule has 2 aliphatic carbocycles. The number of alkyl halides is 1. The van der Waals surface area contributed by atoms with E-state index in [0.29, 0.717) is 12.4 Å². The molecular weight excluding hydrogens is 246 g/mol. The number of halogens is 1. The highest BCUT2D eigenvalue weighted by Crippen LogP contribution is 2.37. The van der Waals surface area contributed by atoms with E-state index in [1.54, 1.807) is 0 Å². The third-order valence-electron chi connectivity index (χ3n) is 3.81. The molecule has 16 heavy (non-hydrogen) atoms. The van der Waals surface area contributed by atoms with E-state index in [4.69, 9.17) is 11.6 Å². The van der Waals surface area contributed by atoms with Crippen LogP contribution in [0.2, 0.25) is 0 Å². The van der Waals surface area contributed by atoms with Crippen molar-refractivity contribution in [3.8, 4) is 0 Å². The maximum atomic E-state index is 11.7. The van der Waals surface area contributed by atoms with E-state index < -0.39 is 10.0 Å². The van der Waals surface area contributed by atoms with Crippen LogP contribution in [-0.4, -0.2) is 26.1 Å². The lowest BCUT2D eigenvalue weighted by Gasteiger charge is -2.35. The lowest BCUT2D eigenvalue weighted by Crippen LogP contribution is -2.41. The second-order valence-corrected chi connectivity index (χ2v) is 7.57. The Kier molecular flexibility index (Phi) is 3.82. The first-order valence-corrected chi connectivity index (χ1v) is 8.21. The summed E-state index contributed by atoms with van der Waals surface area (Å²) >= 11 is 6.03. The highest BCUT2D eigenvalue weighted by atomic mass is 35.5. The van der Waals surface area contributed by atoms with Crippen LogP contribution >= 0.6 is 11.6 Å². The van der Waals surface area contributed by atoms with Gasteiger partial charge in [-0.1, -0.05) is 19.3 Å². The first-order chi connectivity index (χ1) is 7.58. The molecule has 0 radical (unpaired) electrons. The molecule has 94 valence electrons. The fraction of sp³-hybridized carbons (Fsp3) is 1.00. The van der Waals surface area contributed by atoms with Crippen LogP contribution in [0.5, 0.6) is 0 Å². The molecule has 2 saturated carbocycles. The zero-order valence-electron chi connectivity index (χ0n) is 9.54. The quantitative estimate of drug-likeness (QED) is 0.775. The smallest absolute Gasteiger partial charge is 0.214 e. The summed E-state index contributed by atoms with van der Waals surface area (Å²) in [5.74, 6) is 0.570. The molecule has 0 aliphatic heterocycles. The molecule has 0 aromatic heterocycles. The van der Waals surface area contributed by atoms with Crippen LogP contribution in [0.4, 0.5) is 0 Å². The third-order valence-corrected chi connectivity index (χ3v) is 6.27. The molecule has 0 spiro atoms. The molecule has 0 aromatic carbocycles. The van der Waals surface area contributed by atoms with Crippen molar-refractivity contribution in [2.24, 2.45) is 5.41 Å². The monoisotopic (exact) mass is 265 g/mol. The van der Waals surface area contributed by atoms with Gasteiger partial charge in [0.05, 0.1) is 5.25 Å². The molecular formula is C11H20ClNO2S. The predicted molar refractivity (Wildman–Crippen MR) is 66.2 cm³/mol. The highest BCUT2D eigenvalue weighted by Gasteiger charge is 2.38. The Morgan fingerprint density at radius 3 is 2.31 bits per heavy atom. The molecule has 2 fully saturated rings. The standard InChI is InChI=1S/C11H20ClNO2S/c12-8-11(6-2-1-3-7-11)9-13-16(14,15)10-4-5-10/h10,13H,1-9H2. The SMILES string of the molecule is O=S(=O)(NCC1(CCl)CCCCC1)C1CC1. The van der Waals surface area contributed by atoms with Gasteiger partial charge >= 0.3 is 0 Å². The van der Waals surface area contributed by atoms with Gasteiger partial charge in [-0.05, 0) is 31.1 Å². The Bertz CT molecular complexity index is 332. The Morgan fingerprint density at radius 1 is 1.19 bits per heavy atom. The van der Waals surface area contributed by atoms with Gasteiger partial charge in [-0.3, -0.25) is 0 Å². The number of sulfonamides is 1. The minimum Gasteiger partial charge on any atom is -0.214 e. The van der Waals surface area contributed by atoms with E-state index in [9.17, 15) is 8.42 Å². The van der Waals surface area contributed by atoms with Gasteiger partial charge in [0, 0.05) is 12.4 Å². The highest BCUT2D eigenvalue weighted by molar-refractivity contribution is 7.90. The first kappa shape index (κ1) is 12.7. The number of nitrogens with one attached hydrogen (secondary N) is 1. The van der Waals surface area contributed by atoms with Crippen molar-refractivity contribution in [1.82, 2.24) is 4.72 Å². The molecule has 0 amide bonds. The fourth-order valence-electron chi connectivity index (χ4n) is 2.41. The first-order valence-electron chi connectivity index (χ1n) is 6.12. The largest absolute Gasteiger partial charge is 0.214 e. The van der Waals surface area contributed by atoms with Crippen molar-refractivity contribution in [2.45, 2.75) is 50.2 Å². The Labute approximate surface area is 103 Å². The molecule has 0 unspecified atom stereocenters. The number of hydrogen-bond donors (Lipinski definition) is 1. The van der Waals surface area contributed by atoms with Gasteiger partial charge in [0.1, 0.15) is 0 Å². The van der Waals surface area contributed by atoms with Gasteiger partial charge in [-0.15, -0.1) is 11.6 Å². The zero-order chi connectivity index (χ0) is 11.6. The van der Waals surface area contributed by atoms with Crippen LogP contribution in [-0.2, 0) is 10.0 Å². The number of hydrogen-bond acceptors (Lipinski definition) is 2. The molecule has 0 heterocycles. The molecule has 0 atom stereocenters. The van der Waals surface area contributed by atoms with Crippen molar-refractivity contribution in [3.05, 3.63) is 0 Å². The molecule has 0 aromatic rings. The second-order valence-electron chi connectivity index (χ2n) is 5.26. The van der Waals surface area contributed by atoms with E-state index in [2.05, 4.69) is 4.72 Å². The van der Waals surface area contributed by atoms with Crippen LogP contribution in [0.3, 0.4) is 0 Å². The molecule has 2 rings (SSSR count). The van der Waals surface area contributed by atoms with E-state index in [0.717, 1.165) is 25.7 Å². The van der Waals surface area contributed by atoms with E-state index >= 15 is 0 Å². The predicted octanol–water partition coefficient (Wildman–Crippen LogP) is 2.26. The molecule has 3 nitrogen and oxygen atoms in total. The summed E-state index contributed by atoms with van der Waals surface area (Å²) < 4.78 is 26.2. The van der Waals surface area contributed by atoms with Crippen molar-refractivity contribution in [3.63, 3.8) is 0 Å². The lowest BCUT2D eigenvalue weighted by atomic mass is 9.76. The van der Waals surface area contributed by atoms with Crippen LogP contribution < -0.4 is 4.72 Å². The molecule has 2 aliphatic rings. The van der Waals surface area contributed by atoms with Gasteiger partial charge in [0.25, 0.3) is 0 Å². The van der Waals surface area contributed by atoms with Gasteiger partial charge < -0.3 is 0 Å². The van der Waals surface area contributed by atoms with Crippen molar-refractivity contribution < 1.29 is 8.42 Å². The molecule has 0 bridgehead atoms. The van der Waals surface area contributed by atoms with Crippen LogP contribution in [0.15, 0.2) is 0 Å². The average molecular weight is 266 g/mol. The Morgan fingerprint density at radius 2 is 1.81 bits per heavy atom. The molecule has 0 saturated heterocycles. The maximum Gasteiger partial charge on any atom is 0.214 e. The Balaban J connectivity index is 1.91. The topological polar surface area (TPSA) is 46.2 Å². The average Bonchev–Trinajstić information content (AvgIpc) is 3.12. The Hall–Kier alpha value is 0.200. The van der Waals surface area contributed by atoms with Gasteiger partial charge in [0.15, 0.2) is 0 Å². The maximum absolute atomic E-state index is 11.7. The summed E-state index contributed by atoms with van der Waals surface area (Å²) in [7, 11) is -3.04. The zero-order valence-corrected chi connectivity index (χ0v) is 11.1.